The Kier molecular flexibility index (Phi) is 5.36. The Balaban J connectivity index is 1.33. The molecule has 1 unspecified atom stereocenters. The van der Waals surface area contributed by atoms with Crippen LogP contribution in [0.4, 0.5) is 5.69 Å². The number of hydrogen-bond acceptors (Lipinski definition) is 6. The standard InChI is InChI=1S/C20H15ClN2O4S/c21-13-6-7-16-15(8-13)23-19(25)17(28-16)9-18(24)26-10-14-11-27-20(22-14)12-4-2-1-3-5-12/h1-8,11,17H,9-10H2,(H,23,25). The molecule has 6 nitrogen and oxygen atoms in total. The van der Waals surface area contributed by atoms with Gasteiger partial charge in [-0.15, -0.1) is 11.8 Å². The van der Waals surface area contributed by atoms with E-state index in [-0.39, 0.29) is 18.9 Å². The summed E-state index contributed by atoms with van der Waals surface area (Å²) in [5, 5.41) is 2.76. The molecule has 1 aromatic heterocycles. The molecule has 142 valence electrons. The molecule has 1 aliphatic rings. The van der Waals surface area contributed by atoms with Gasteiger partial charge in [-0.2, -0.15) is 0 Å². The molecule has 28 heavy (non-hydrogen) atoms. The van der Waals surface area contributed by atoms with Crippen molar-refractivity contribution in [3.05, 3.63) is 65.5 Å². The summed E-state index contributed by atoms with van der Waals surface area (Å²) in [4.78, 5) is 29.6. The zero-order valence-electron chi connectivity index (χ0n) is 14.6. The fourth-order valence-electron chi connectivity index (χ4n) is 2.71. The third-order valence-corrected chi connectivity index (χ3v) is 5.58. The van der Waals surface area contributed by atoms with Gasteiger partial charge in [0.15, 0.2) is 0 Å². The first-order valence-corrected chi connectivity index (χ1v) is 9.77. The summed E-state index contributed by atoms with van der Waals surface area (Å²) in [5.41, 5.74) is 2.00. The predicted molar refractivity (Wildman–Crippen MR) is 106 cm³/mol. The lowest BCUT2D eigenvalue weighted by Gasteiger charge is -2.23. The highest BCUT2D eigenvalue weighted by atomic mass is 35.5. The van der Waals surface area contributed by atoms with Crippen LogP contribution in [0.25, 0.3) is 11.5 Å². The fourth-order valence-corrected chi connectivity index (χ4v) is 3.96. The van der Waals surface area contributed by atoms with Crippen LogP contribution in [0.3, 0.4) is 0 Å². The lowest BCUT2D eigenvalue weighted by Crippen LogP contribution is -2.31. The minimum absolute atomic E-state index is 0.0135. The Morgan fingerprint density at radius 1 is 1.25 bits per heavy atom. The molecule has 0 aliphatic carbocycles. The summed E-state index contributed by atoms with van der Waals surface area (Å²) in [7, 11) is 0. The van der Waals surface area contributed by atoms with Crippen molar-refractivity contribution >= 4 is 40.9 Å². The number of halogens is 1. The molecule has 0 bridgehead atoms. The largest absolute Gasteiger partial charge is 0.459 e. The van der Waals surface area contributed by atoms with Gasteiger partial charge in [0.1, 0.15) is 18.6 Å². The van der Waals surface area contributed by atoms with Crippen molar-refractivity contribution in [3.63, 3.8) is 0 Å². The number of nitrogens with zero attached hydrogens (tertiary/aromatic N) is 1. The molecule has 0 fully saturated rings. The summed E-state index contributed by atoms with van der Waals surface area (Å²) < 4.78 is 10.7. The van der Waals surface area contributed by atoms with Crippen molar-refractivity contribution < 1.29 is 18.7 Å². The molecule has 2 heterocycles. The summed E-state index contributed by atoms with van der Waals surface area (Å²) in [6, 6.07) is 14.7. The molecule has 4 rings (SSSR count). The number of benzene rings is 2. The second-order valence-electron chi connectivity index (χ2n) is 6.11. The summed E-state index contributed by atoms with van der Waals surface area (Å²) in [6.07, 6.45) is 1.42. The average molecular weight is 415 g/mol. The maximum atomic E-state index is 12.2. The van der Waals surface area contributed by atoms with Crippen LogP contribution in [0, 0.1) is 0 Å². The summed E-state index contributed by atoms with van der Waals surface area (Å²) in [6.45, 7) is -0.0135. The van der Waals surface area contributed by atoms with Gasteiger partial charge in [0, 0.05) is 15.5 Å². The molecular formula is C20H15ClN2O4S. The number of carbonyl (C=O) groups excluding carboxylic acids is 2. The van der Waals surface area contributed by atoms with Crippen LogP contribution in [-0.4, -0.2) is 22.1 Å². The number of carbonyl (C=O) groups is 2. The predicted octanol–water partition coefficient (Wildman–Crippen LogP) is 4.54. The first-order chi connectivity index (χ1) is 13.6. The van der Waals surface area contributed by atoms with Gasteiger partial charge in [0.2, 0.25) is 11.8 Å². The van der Waals surface area contributed by atoms with E-state index in [1.54, 1.807) is 12.1 Å². The number of oxazole rings is 1. The smallest absolute Gasteiger partial charge is 0.307 e. The van der Waals surface area contributed by atoms with E-state index in [2.05, 4.69) is 10.3 Å². The minimum Gasteiger partial charge on any atom is -0.459 e. The molecule has 3 aromatic rings. The maximum absolute atomic E-state index is 12.2. The van der Waals surface area contributed by atoms with E-state index < -0.39 is 11.2 Å². The molecule has 2 aromatic carbocycles. The highest BCUT2D eigenvalue weighted by molar-refractivity contribution is 8.01. The number of ether oxygens (including phenoxy) is 1. The van der Waals surface area contributed by atoms with E-state index in [1.807, 2.05) is 36.4 Å². The van der Waals surface area contributed by atoms with Crippen LogP contribution < -0.4 is 5.32 Å². The van der Waals surface area contributed by atoms with Crippen molar-refractivity contribution in [2.75, 3.05) is 5.32 Å². The van der Waals surface area contributed by atoms with Gasteiger partial charge in [-0.25, -0.2) is 4.98 Å². The zero-order chi connectivity index (χ0) is 19.5. The van der Waals surface area contributed by atoms with Crippen LogP contribution in [0.5, 0.6) is 0 Å². The maximum Gasteiger partial charge on any atom is 0.307 e. The Morgan fingerprint density at radius 3 is 2.89 bits per heavy atom. The van der Waals surface area contributed by atoms with E-state index in [4.69, 9.17) is 20.8 Å². The molecule has 1 amide bonds. The number of aromatic nitrogens is 1. The monoisotopic (exact) mass is 414 g/mol. The number of rotatable bonds is 5. The summed E-state index contributed by atoms with van der Waals surface area (Å²) >= 11 is 7.26. The van der Waals surface area contributed by atoms with Gasteiger partial charge < -0.3 is 14.5 Å². The number of anilines is 1. The van der Waals surface area contributed by atoms with Crippen molar-refractivity contribution in [3.8, 4) is 11.5 Å². The zero-order valence-corrected chi connectivity index (χ0v) is 16.1. The highest BCUT2D eigenvalue weighted by Crippen LogP contribution is 2.38. The molecule has 0 saturated carbocycles. The number of fused-ring (bicyclic) bond motifs is 1. The molecule has 8 heteroatoms. The summed E-state index contributed by atoms with van der Waals surface area (Å²) in [5.74, 6) is -0.261. The van der Waals surface area contributed by atoms with E-state index >= 15 is 0 Å². The van der Waals surface area contributed by atoms with Crippen LogP contribution >= 0.6 is 23.4 Å². The average Bonchev–Trinajstić information content (AvgIpc) is 3.17. The normalized spacial score (nSPS) is 15.6. The van der Waals surface area contributed by atoms with Gasteiger partial charge in [0.05, 0.1) is 17.4 Å². The quantitative estimate of drug-likeness (QED) is 0.617. The van der Waals surface area contributed by atoms with Gasteiger partial charge in [-0.1, -0.05) is 29.8 Å². The SMILES string of the molecule is O=C(CC1Sc2ccc(Cl)cc2NC1=O)OCc1coc(-c2ccccc2)n1. The fraction of sp³-hybridized carbons (Fsp3) is 0.150. The van der Waals surface area contributed by atoms with Crippen LogP contribution in [-0.2, 0) is 20.9 Å². The minimum atomic E-state index is -0.557. The lowest BCUT2D eigenvalue weighted by molar-refractivity contribution is -0.145. The number of esters is 1. The highest BCUT2D eigenvalue weighted by Gasteiger charge is 2.29. The number of nitrogens with one attached hydrogen (secondary N) is 1. The Bertz CT molecular complexity index is 1020. The van der Waals surface area contributed by atoms with E-state index in [0.29, 0.717) is 22.3 Å². The van der Waals surface area contributed by atoms with Crippen molar-refractivity contribution in [2.24, 2.45) is 0 Å². The van der Waals surface area contributed by atoms with E-state index in [0.717, 1.165) is 10.5 Å². The molecular weight excluding hydrogens is 400 g/mol. The topological polar surface area (TPSA) is 81.4 Å². The van der Waals surface area contributed by atoms with Gasteiger partial charge in [-0.3, -0.25) is 9.59 Å². The van der Waals surface area contributed by atoms with E-state index in [1.165, 1.54) is 18.0 Å². The van der Waals surface area contributed by atoms with Crippen LogP contribution in [0.2, 0.25) is 5.02 Å². The molecule has 1 aliphatic heterocycles. The second kappa shape index (κ2) is 8.08. The van der Waals surface area contributed by atoms with Crippen LogP contribution in [0.15, 0.2) is 64.1 Å². The first kappa shape index (κ1) is 18.6. The Morgan fingerprint density at radius 2 is 2.07 bits per heavy atom. The molecule has 0 saturated heterocycles. The first-order valence-electron chi connectivity index (χ1n) is 8.51. The lowest BCUT2D eigenvalue weighted by atomic mass is 10.2. The number of thioether (sulfide) groups is 1. The van der Waals surface area contributed by atoms with Crippen LogP contribution in [0.1, 0.15) is 12.1 Å². The van der Waals surface area contributed by atoms with Gasteiger partial charge in [0.25, 0.3) is 0 Å². The van der Waals surface area contributed by atoms with E-state index in [9.17, 15) is 9.59 Å². The Hall–Kier alpha value is -2.77. The number of hydrogen-bond donors (Lipinski definition) is 1. The molecule has 1 atom stereocenters. The van der Waals surface area contributed by atoms with Crippen molar-refractivity contribution in [1.29, 1.82) is 0 Å². The van der Waals surface area contributed by atoms with Gasteiger partial charge >= 0.3 is 5.97 Å². The third-order valence-electron chi connectivity index (χ3n) is 4.07. The second-order valence-corrected chi connectivity index (χ2v) is 7.79. The Labute approximate surface area is 170 Å². The third kappa shape index (κ3) is 4.21. The van der Waals surface area contributed by atoms with Gasteiger partial charge in [-0.05, 0) is 30.3 Å². The molecule has 0 radical (unpaired) electrons. The van der Waals surface area contributed by atoms with Crippen molar-refractivity contribution in [1.82, 2.24) is 4.98 Å². The number of amides is 1. The molecule has 1 N–H and O–H groups in total. The van der Waals surface area contributed by atoms with Crippen molar-refractivity contribution in [2.45, 2.75) is 23.2 Å². The molecule has 0 spiro atoms.